The molecule has 0 N–H and O–H groups in total. The third kappa shape index (κ3) is 3.87. The quantitative estimate of drug-likeness (QED) is 0.120. The number of aromatic nitrogens is 1. The summed E-state index contributed by atoms with van der Waals surface area (Å²) in [4.78, 5) is 0. The van der Waals surface area contributed by atoms with Gasteiger partial charge in [0.25, 0.3) is 0 Å². The Balaban J connectivity index is 1.77. The normalized spacial score (nSPS) is 13.3. The van der Waals surface area contributed by atoms with Crippen LogP contribution in [0, 0.1) is 19.3 Å². The summed E-state index contributed by atoms with van der Waals surface area (Å²) in [5, 5.41) is 7.76. The summed E-state index contributed by atoms with van der Waals surface area (Å²) in [6.45, 7) is 11.4. The predicted octanol–water partition coefficient (Wildman–Crippen LogP) is 8.49. The van der Waals surface area contributed by atoms with E-state index in [0.29, 0.717) is 0 Å². The Bertz CT molecular complexity index is 1770. The van der Waals surface area contributed by atoms with Crippen LogP contribution >= 0.6 is 0 Å². The number of ether oxygens (including phenoxy) is 1. The van der Waals surface area contributed by atoms with Gasteiger partial charge in [-0.3, -0.25) is 0 Å². The molecule has 37 heavy (non-hydrogen) atoms. The van der Waals surface area contributed by atoms with Gasteiger partial charge in [0.2, 0.25) is 0 Å². The Morgan fingerprint density at radius 1 is 0.838 bits per heavy atom. The van der Waals surface area contributed by atoms with Crippen LogP contribution < -0.4 is 13.7 Å². The minimum absolute atomic E-state index is 0.135. The van der Waals surface area contributed by atoms with E-state index in [4.69, 9.17) is 4.74 Å². The van der Waals surface area contributed by atoms with Gasteiger partial charge in [-0.2, -0.15) is 0 Å². The number of nitrogens with zero attached hydrogens (tertiary/aromatic N) is 1. The summed E-state index contributed by atoms with van der Waals surface area (Å²) in [6, 6.07) is 18.6. The number of hydrogen-bond acceptors (Lipinski definition) is 1. The van der Waals surface area contributed by atoms with Crippen LogP contribution in [0.5, 0.6) is 11.5 Å². The molecule has 4 aromatic carbocycles. The van der Waals surface area contributed by atoms with Gasteiger partial charge in [0, 0.05) is 0 Å². The fourth-order valence-corrected chi connectivity index (χ4v) is 8.59. The maximum atomic E-state index is 7.04. The van der Waals surface area contributed by atoms with E-state index in [-0.39, 0.29) is 5.41 Å². The molecule has 3 heteroatoms. The Morgan fingerprint density at radius 2 is 1.57 bits per heavy atom. The van der Waals surface area contributed by atoms with Crippen molar-refractivity contribution in [3.63, 3.8) is 0 Å². The molecular weight excluding hydrogens is 511 g/mol. The monoisotopic (exact) mass is 550 g/mol. The van der Waals surface area contributed by atoms with Gasteiger partial charge >= 0.3 is 217 Å². The van der Waals surface area contributed by atoms with Crippen LogP contribution in [0.2, 0.25) is 17.3 Å². The average molecular weight is 549 g/mol. The molecule has 188 valence electrons. The van der Waals surface area contributed by atoms with Gasteiger partial charge in [-0.15, -0.1) is 0 Å². The van der Waals surface area contributed by atoms with Crippen molar-refractivity contribution in [2.24, 2.45) is 12.5 Å². The van der Waals surface area contributed by atoms with Gasteiger partial charge in [0.05, 0.1) is 0 Å². The average Bonchev–Trinajstić information content (AvgIpc) is 2.81. The molecule has 1 aliphatic heterocycles. The summed E-state index contributed by atoms with van der Waals surface area (Å²) in [7, 11) is 2.18. The first-order valence-electron chi connectivity index (χ1n) is 13.5. The van der Waals surface area contributed by atoms with Gasteiger partial charge in [0.1, 0.15) is 0 Å². The van der Waals surface area contributed by atoms with Crippen LogP contribution in [-0.4, -0.2) is 13.3 Å². The van der Waals surface area contributed by atoms with E-state index in [0.717, 1.165) is 17.9 Å². The summed E-state index contributed by atoms with van der Waals surface area (Å²) < 4.78 is 10.9. The third-order valence-electron chi connectivity index (χ3n) is 8.00. The van der Waals surface area contributed by atoms with Crippen molar-refractivity contribution >= 4 is 50.0 Å². The molecule has 6 rings (SSSR count). The molecule has 0 amide bonds. The Kier molecular flexibility index (Phi) is 5.34. The fourth-order valence-electron chi connectivity index (χ4n) is 6.13. The molecule has 0 atom stereocenters. The van der Waals surface area contributed by atoms with Gasteiger partial charge in [0.15, 0.2) is 0 Å². The van der Waals surface area contributed by atoms with Crippen LogP contribution in [-0.2, 0) is 13.5 Å². The molecule has 0 saturated carbocycles. The SMILES string of the molecule is Cc1ccc2c(CC(C)(C)C)c3c(c(C)c2c1)-c1c2c(cc4c[c]([Ge]([CH3])([CH3])[CH3])ccc4c2cc[n+]1C)O3. The first kappa shape index (κ1) is 24.5. The summed E-state index contributed by atoms with van der Waals surface area (Å²) in [6.07, 6.45) is 3.19. The zero-order chi connectivity index (χ0) is 26.4. The van der Waals surface area contributed by atoms with Gasteiger partial charge in [-0.05, 0) is 6.92 Å². The molecule has 0 radical (unpaired) electrons. The number of fused-ring (bicyclic) bond motifs is 5. The summed E-state index contributed by atoms with van der Waals surface area (Å²) in [5.41, 5.74) is 6.57. The minimum atomic E-state index is -1.97. The molecule has 5 aromatic rings. The van der Waals surface area contributed by atoms with E-state index in [1.54, 1.807) is 0 Å². The standard InChI is InChI=1S/C34H38GeNO/c1-20-10-12-25-27(16-20)21(2)30-32-31-26(14-15-36(32)9)24-13-11-23(35(6,7)8)17-22(24)18-29(31)37-33(30)28(25)19-34(3,4)5/h10-18H,19H2,1-9H3/q+1. The molecule has 2 heterocycles. The van der Waals surface area contributed by atoms with Crippen LogP contribution in [0.15, 0.2) is 54.7 Å². The first-order valence-corrected chi connectivity index (χ1v) is 20.8. The van der Waals surface area contributed by atoms with Crippen LogP contribution in [0.4, 0.5) is 0 Å². The number of pyridine rings is 1. The molecule has 0 fully saturated rings. The van der Waals surface area contributed by atoms with Crippen molar-refractivity contribution in [1.82, 2.24) is 0 Å². The second kappa shape index (κ2) is 8.07. The molecule has 1 aliphatic rings. The Labute approximate surface area is 223 Å². The topological polar surface area (TPSA) is 13.1 Å². The van der Waals surface area contributed by atoms with Crippen LogP contribution in [0.25, 0.3) is 43.6 Å². The zero-order valence-electron chi connectivity index (χ0n) is 23.8. The molecule has 0 bridgehead atoms. The fraction of sp³-hybridized carbons (Fsp3) is 0.324. The Hall–Kier alpha value is -2.85. The van der Waals surface area contributed by atoms with E-state index in [9.17, 15) is 0 Å². The van der Waals surface area contributed by atoms with Crippen molar-refractivity contribution < 1.29 is 9.30 Å². The second-order valence-electron chi connectivity index (χ2n) is 13.3. The third-order valence-corrected chi connectivity index (χ3v) is 12.3. The van der Waals surface area contributed by atoms with Gasteiger partial charge < -0.3 is 0 Å². The number of hydrogen-bond donors (Lipinski definition) is 0. The van der Waals surface area contributed by atoms with Crippen molar-refractivity contribution in [3.05, 3.63) is 71.4 Å². The number of aryl methyl sites for hydroxylation is 3. The molecule has 0 spiro atoms. The summed E-state index contributed by atoms with van der Waals surface area (Å²) in [5.74, 6) is 9.42. The predicted molar refractivity (Wildman–Crippen MR) is 161 cm³/mol. The van der Waals surface area contributed by atoms with Gasteiger partial charge in [-0.25, -0.2) is 0 Å². The van der Waals surface area contributed by atoms with Crippen molar-refractivity contribution in [2.45, 2.75) is 58.3 Å². The van der Waals surface area contributed by atoms with E-state index >= 15 is 0 Å². The molecule has 0 aliphatic carbocycles. The molecule has 1 aromatic heterocycles. The number of benzene rings is 4. The summed E-state index contributed by atoms with van der Waals surface area (Å²) >= 11 is -1.97. The van der Waals surface area contributed by atoms with Crippen molar-refractivity contribution in [2.75, 3.05) is 0 Å². The maximum absolute atomic E-state index is 7.04. The second-order valence-corrected chi connectivity index (χ2v) is 24.0. The molecule has 0 unspecified atom stereocenters. The van der Waals surface area contributed by atoms with Crippen molar-refractivity contribution in [1.29, 1.82) is 0 Å². The Morgan fingerprint density at radius 3 is 2.27 bits per heavy atom. The molecule has 0 saturated heterocycles. The van der Waals surface area contributed by atoms with Crippen LogP contribution in [0.1, 0.15) is 37.5 Å². The first-order chi connectivity index (χ1) is 17.3. The molecular formula is C34H38GeNO+. The van der Waals surface area contributed by atoms with Crippen molar-refractivity contribution in [3.8, 4) is 22.8 Å². The van der Waals surface area contributed by atoms with E-state index in [1.165, 1.54) is 64.7 Å². The van der Waals surface area contributed by atoms with Crippen LogP contribution in [0.3, 0.4) is 0 Å². The molecule has 2 nitrogen and oxygen atoms in total. The van der Waals surface area contributed by atoms with Gasteiger partial charge in [-0.1, -0.05) is 0 Å². The van der Waals surface area contributed by atoms with E-state index in [2.05, 4.69) is 118 Å². The van der Waals surface area contributed by atoms with E-state index in [1.807, 2.05) is 0 Å². The number of rotatable bonds is 2. The van der Waals surface area contributed by atoms with E-state index < -0.39 is 13.3 Å². The zero-order valence-corrected chi connectivity index (χ0v) is 25.9.